The van der Waals surface area contributed by atoms with Gasteiger partial charge in [0.2, 0.25) is 0 Å². The van der Waals surface area contributed by atoms with Crippen molar-refractivity contribution in [2.24, 2.45) is 0 Å². The van der Waals surface area contributed by atoms with Crippen LogP contribution in [0.1, 0.15) is 16.2 Å². The highest BCUT2D eigenvalue weighted by Crippen LogP contribution is 2.16. The molecule has 0 aliphatic rings. The van der Waals surface area contributed by atoms with E-state index >= 15 is 0 Å². The predicted molar refractivity (Wildman–Crippen MR) is 95.2 cm³/mol. The van der Waals surface area contributed by atoms with E-state index in [9.17, 15) is 4.79 Å². The summed E-state index contributed by atoms with van der Waals surface area (Å²) in [7, 11) is 0. The summed E-state index contributed by atoms with van der Waals surface area (Å²) in [6.45, 7) is 0.431. The third-order valence-corrected chi connectivity index (χ3v) is 3.42. The van der Waals surface area contributed by atoms with E-state index in [1.165, 1.54) is 12.4 Å². The van der Waals surface area contributed by atoms with Crippen LogP contribution in [0, 0.1) is 0 Å². The molecule has 3 rings (SSSR count). The summed E-state index contributed by atoms with van der Waals surface area (Å²) in [4.78, 5) is 28.2. The molecule has 3 heterocycles. The molecule has 0 aromatic carbocycles. The number of nitrogens with two attached hydrogens (primary N) is 1. The van der Waals surface area contributed by atoms with E-state index < -0.39 is 0 Å². The monoisotopic (exact) mass is 355 g/mol. The van der Waals surface area contributed by atoms with Crippen LogP contribution in [-0.4, -0.2) is 25.8 Å². The van der Waals surface area contributed by atoms with Crippen molar-refractivity contribution in [3.05, 3.63) is 65.6 Å². The van der Waals surface area contributed by atoms with Crippen molar-refractivity contribution >= 4 is 34.7 Å². The number of hydrogen-bond acceptors (Lipinski definition) is 7. The van der Waals surface area contributed by atoms with Crippen molar-refractivity contribution in [1.82, 2.24) is 19.9 Å². The van der Waals surface area contributed by atoms with Crippen LogP contribution in [0.25, 0.3) is 0 Å². The minimum absolute atomic E-state index is 0.170. The molecule has 0 fully saturated rings. The highest BCUT2D eigenvalue weighted by Gasteiger charge is 2.09. The number of amides is 1. The molecule has 0 aliphatic heterocycles. The Labute approximate surface area is 148 Å². The topological polar surface area (TPSA) is 119 Å². The van der Waals surface area contributed by atoms with E-state index in [4.69, 9.17) is 17.3 Å². The van der Waals surface area contributed by atoms with Gasteiger partial charge in [-0.3, -0.25) is 9.78 Å². The lowest BCUT2D eigenvalue weighted by atomic mass is 10.3. The van der Waals surface area contributed by atoms with Crippen LogP contribution in [0.15, 0.2) is 49.1 Å². The Kier molecular flexibility index (Phi) is 5.00. The van der Waals surface area contributed by atoms with Crippen molar-refractivity contribution < 1.29 is 4.79 Å². The Hall–Kier alpha value is -3.26. The van der Waals surface area contributed by atoms with Crippen LogP contribution in [0.2, 0.25) is 5.15 Å². The number of hydrogen-bond donors (Lipinski definition) is 3. The first kappa shape index (κ1) is 16.6. The lowest BCUT2D eigenvalue weighted by Gasteiger charge is -2.09. The Morgan fingerprint density at radius 1 is 1.12 bits per heavy atom. The van der Waals surface area contributed by atoms with Gasteiger partial charge in [0.25, 0.3) is 5.91 Å². The summed E-state index contributed by atoms with van der Waals surface area (Å²) >= 11 is 5.66. The van der Waals surface area contributed by atoms with E-state index in [0.29, 0.717) is 18.1 Å². The molecule has 8 nitrogen and oxygen atoms in total. The number of rotatable bonds is 5. The predicted octanol–water partition coefficient (Wildman–Crippen LogP) is 2.37. The largest absolute Gasteiger partial charge is 0.382 e. The van der Waals surface area contributed by atoms with Gasteiger partial charge in [-0.1, -0.05) is 11.6 Å². The first-order valence-corrected chi connectivity index (χ1v) is 7.68. The molecule has 3 aromatic rings. The Morgan fingerprint density at radius 2 is 2.00 bits per heavy atom. The molecule has 3 aromatic heterocycles. The quantitative estimate of drug-likeness (QED) is 0.642. The molecule has 0 radical (unpaired) electrons. The lowest BCUT2D eigenvalue weighted by molar-refractivity contribution is 0.102. The molecular weight excluding hydrogens is 342 g/mol. The van der Waals surface area contributed by atoms with E-state index in [0.717, 1.165) is 11.4 Å². The fourth-order valence-electron chi connectivity index (χ4n) is 2.03. The van der Waals surface area contributed by atoms with Crippen molar-refractivity contribution in [3.8, 4) is 0 Å². The van der Waals surface area contributed by atoms with Gasteiger partial charge >= 0.3 is 0 Å². The van der Waals surface area contributed by atoms with Crippen LogP contribution in [0.4, 0.5) is 17.2 Å². The molecule has 0 unspecified atom stereocenters. The molecule has 0 saturated heterocycles. The first-order valence-electron chi connectivity index (χ1n) is 7.30. The second-order valence-corrected chi connectivity index (χ2v) is 5.39. The maximum Gasteiger partial charge on any atom is 0.275 e. The Bertz CT molecular complexity index is 886. The average molecular weight is 356 g/mol. The van der Waals surface area contributed by atoms with Gasteiger partial charge < -0.3 is 16.4 Å². The number of nitrogens with one attached hydrogen (secondary N) is 2. The number of anilines is 3. The molecule has 0 bridgehead atoms. The van der Waals surface area contributed by atoms with Gasteiger partial charge in [-0.2, -0.15) is 0 Å². The molecule has 0 spiro atoms. The number of aromatic nitrogens is 4. The molecule has 0 saturated carbocycles. The smallest absolute Gasteiger partial charge is 0.275 e. The molecule has 9 heteroatoms. The summed E-state index contributed by atoms with van der Waals surface area (Å²) in [6.07, 6.45) is 5.85. The fourth-order valence-corrected chi connectivity index (χ4v) is 2.13. The number of nitrogen functional groups attached to an aromatic ring is 1. The fraction of sp³-hybridized carbons (Fsp3) is 0.0625. The molecule has 1 amide bonds. The van der Waals surface area contributed by atoms with Gasteiger partial charge in [0.15, 0.2) is 0 Å². The van der Waals surface area contributed by atoms with Crippen molar-refractivity contribution in [2.45, 2.75) is 6.54 Å². The lowest BCUT2D eigenvalue weighted by Crippen LogP contribution is -2.14. The third kappa shape index (κ3) is 4.39. The highest BCUT2D eigenvalue weighted by molar-refractivity contribution is 6.29. The molecule has 25 heavy (non-hydrogen) atoms. The summed E-state index contributed by atoms with van der Waals surface area (Å²) in [5, 5.41) is 6.11. The normalized spacial score (nSPS) is 10.3. The van der Waals surface area contributed by atoms with Crippen LogP contribution < -0.4 is 16.4 Å². The van der Waals surface area contributed by atoms with Gasteiger partial charge in [0, 0.05) is 18.1 Å². The van der Waals surface area contributed by atoms with Crippen LogP contribution in [0.5, 0.6) is 0 Å². The summed E-state index contributed by atoms with van der Waals surface area (Å²) in [6, 6.07) is 7.05. The standard InChI is InChI=1S/C16H14ClN7O/c17-14-9-22-13(8-23-14)16(25)24-10-3-5-19-11(6-10)7-21-12-2-1-4-20-15(12)18/h1-6,8-9,21H,7H2,(H2,18,20)(H,19,24,25). The number of carbonyl (C=O) groups is 1. The molecule has 0 aliphatic carbocycles. The molecular formula is C16H14ClN7O. The second kappa shape index (κ2) is 7.54. The average Bonchev–Trinajstić information content (AvgIpc) is 2.62. The number of nitrogens with zero attached hydrogens (tertiary/aromatic N) is 4. The molecule has 0 atom stereocenters. The van der Waals surface area contributed by atoms with Crippen LogP contribution >= 0.6 is 11.6 Å². The maximum absolute atomic E-state index is 12.1. The first-order chi connectivity index (χ1) is 12.1. The minimum atomic E-state index is -0.384. The summed E-state index contributed by atoms with van der Waals surface area (Å²) in [5.74, 6) is 0.0269. The van der Waals surface area contributed by atoms with Gasteiger partial charge in [0.1, 0.15) is 16.7 Å². The SMILES string of the molecule is Nc1ncccc1NCc1cc(NC(=O)c2cnc(Cl)cn2)ccn1. The van der Waals surface area contributed by atoms with Crippen molar-refractivity contribution in [2.75, 3.05) is 16.4 Å². The van der Waals surface area contributed by atoms with E-state index in [-0.39, 0.29) is 16.8 Å². The zero-order valence-electron chi connectivity index (χ0n) is 13.0. The number of halogens is 1. The van der Waals surface area contributed by atoms with Gasteiger partial charge in [-0.25, -0.2) is 15.0 Å². The van der Waals surface area contributed by atoms with Crippen molar-refractivity contribution in [1.29, 1.82) is 0 Å². The van der Waals surface area contributed by atoms with Gasteiger partial charge in [-0.05, 0) is 24.3 Å². The zero-order valence-corrected chi connectivity index (χ0v) is 13.7. The number of carbonyl (C=O) groups excluding carboxylic acids is 1. The minimum Gasteiger partial charge on any atom is -0.382 e. The third-order valence-electron chi connectivity index (χ3n) is 3.23. The second-order valence-electron chi connectivity index (χ2n) is 5.00. The Balaban J connectivity index is 1.66. The van der Waals surface area contributed by atoms with E-state index in [1.807, 2.05) is 6.07 Å². The van der Waals surface area contributed by atoms with E-state index in [1.54, 1.807) is 30.6 Å². The molecule has 4 N–H and O–H groups in total. The number of pyridine rings is 2. The zero-order chi connectivity index (χ0) is 17.6. The van der Waals surface area contributed by atoms with Gasteiger partial charge in [0.05, 0.1) is 30.3 Å². The maximum atomic E-state index is 12.1. The molecule has 126 valence electrons. The van der Waals surface area contributed by atoms with Crippen molar-refractivity contribution in [3.63, 3.8) is 0 Å². The summed E-state index contributed by atoms with van der Waals surface area (Å²) < 4.78 is 0. The van der Waals surface area contributed by atoms with E-state index in [2.05, 4.69) is 30.6 Å². The van der Waals surface area contributed by atoms with Crippen LogP contribution in [-0.2, 0) is 6.54 Å². The van der Waals surface area contributed by atoms with Gasteiger partial charge in [-0.15, -0.1) is 0 Å². The highest BCUT2D eigenvalue weighted by atomic mass is 35.5. The Morgan fingerprint density at radius 3 is 2.76 bits per heavy atom. The summed E-state index contributed by atoms with van der Waals surface area (Å²) in [5.41, 5.74) is 7.99. The van der Waals surface area contributed by atoms with Crippen LogP contribution in [0.3, 0.4) is 0 Å².